The van der Waals surface area contributed by atoms with E-state index in [0.717, 1.165) is 0 Å². The number of nitrogens with zero attached hydrogens (tertiary/aromatic N) is 3. The van der Waals surface area contributed by atoms with E-state index in [1.165, 1.54) is 13.4 Å². The number of benzene rings is 1. The molecule has 30 heavy (non-hydrogen) atoms. The van der Waals surface area contributed by atoms with Gasteiger partial charge >= 0.3 is 5.97 Å². The van der Waals surface area contributed by atoms with Crippen molar-refractivity contribution in [1.82, 2.24) is 9.97 Å². The third kappa shape index (κ3) is 3.96. The fourth-order valence-electron chi connectivity index (χ4n) is 4.54. The zero-order valence-corrected chi connectivity index (χ0v) is 17.1. The molecule has 1 aliphatic heterocycles. The lowest BCUT2D eigenvalue weighted by atomic mass is 9.78. The average molecular weight is 415 g/mol. The highest BCUT2D eigenvalue weighted by molar-refractivity contribution is 5.89. The zero-order chi connectivity index (χ0) is 21.3. The molecule has 0 spiro atoms. The summed E-state index contributed by atoms with van der Waals surface area (Å²) in [6.45, 7) is 3.19. The molecule has 4 atom stereocenters. The van der Waals surface area contributed by atoms with Gasteiger partial charge in [-0.2, -0.15) is 0 Å². The molecule has 1 saturated carbocycles. The third-order valence-corrected chi connectivity index (χ3v) is 6.11. The van der Waals surface area contributed by atoms with E-state index in [-0.39, 0.29) is 23.8 Å². The number of fused-ring (bicyclic) bond motifs is 1. The number of hydrogen-bond donors (Lipinski definition) is 1. The van der Waals surface area contributed by atoms with E-state index in [2.05, 4.69) is 9.97 Å². The number of rotatable bonds is 5. The normalized spacial score (nSPS) is 25.7. The highest BCUT2D eigenvalue weighted by Gasteiger charge is 2.43. The number of esters is 1. The minimum atomic E-state index is -0.630. The Morgan fingerprint density at radius 3 is 2.77 bits per heavy atom. The lowest BCUT2D eigenvalue weighted by Crippen LogP contribution is -2.42. The molecule has 1 aromatic heterocycles. The quantitative estimate of drug-likeness (QED) is 0.752. The minimum absolute atomic E-state index is 0.251. The molecule has 160 valence electrons. The predicted molar refractivity (Wildman–Crippen MR) is 108 cm³/mol. The Kier molecular flexibility index (Phi) is 5.85. The van der Waals surface area contributed by atoms with E-state index < -0.39 is 12.1 Å². The average Bonchev–Trinajstić information content (AvgIpc) is 3.16. The van der Waals surface area contributed by atoms with Crippen LogP contribution in [0.15, 0.2) is 30.6 Å². The molecule has 2 fully saturated rings. The lowest BCUT2D eigenvalue weighted by Gasteiger charge is -2.35. The van der Waals surface area contributed by atoms with Crippen LogP contribution in [0, 0.1) is 17.7 Å². The monoisotopic (exact) mass is 415 g/mol. The van der Waals surface area contributed by atoms with Crippen LogP contribution in [0.2, 0.25) is 0 Å². The van der Waals surface area contributed by atoms with Gasteiger partial charge in [0, 0.05) is 13.1 Å². The van der Waals surface area contributed by atoms with Gasteiger partial charge in [0.25, 0.3) is 0 Å². The van der Waals surface area contributed by atoms with Crippen molar-refractivity contribution in [3.63, 3.8) is 0 Å². The molecule has 2 aliphatic rings. The van der Waals surface area contributed by atoms with Crippen LogP contribution in [-0.2, 0) is 11.2 Å². The van der Waals surface area contributed by atoms with Crippen molar-refractivity contribution in [2.45, 2.75) is 38.4 Å². The fourth-order valence-corrected chi connectivity index (χ4v) is 4.54. The molecule has 0 amide bonds. The molecular weight excluding hydrogens is 389 g/mol. The molecule has 2 heterocycles. The number of methoxy groups -OCH3 is 1. The molecule has 0 unspecified atom stereocenters. The van der Waals surface area contributed by atoms with Crippen molar-refractivity contribution >= 4 is 11.8 Å². The smallest absolute Gasteiger partial charge is 0.337 e. The zero-order valence-electron chi connectivity index (χ0n) is 17.1. The Hall–Kier alpha value is -2.74. The molecule has 1 N–H and O–H groups in total. The number of carbonyl (C=O) groups is 1. The van der Waals surface area contributed by atoms with E-state index in [4.69, 9.17) is 9.47 Å². The molecule has 0 radical (unpaired) electrons. The maximum absolute atomic E-state index is 14.7. The first kappa shape index (κ1) is 20.5. The van der Waals surface area contributed by atoms with Crippen LogP contribution < -0.4 is 9.64 Å². The van der Waals surface area contributed by atoms with Crippen molar-refractivity contribution < 1.29 is 23.8 Å². The van der Waals surface area contributed by atoms with Crippen molar-refractivity contribution in [2.24, 2.45) is 11.8 Å². The molecule has 2 aromatic rings. The first-order chi connectivity index (χ1) is 14.5. The summed E-state index contributed by atoms with van der Waals surface area (Å²) in [6.07, 6.45) is 2.14. The topological polar surface area (TPSA) is 84.8 Å². The van der Waals surface area contributed by atoms with Crippen molar-refractivity contribution in [1.29, 1.82) is 0 Å². The number of anilines is 1. The molecule has 4 rings (SSSR count). The highest BCUT2D eigenvalue weighted by Crippen LogP contribution is 2.40. The van der Waals surface area contributed by atoms with E-state index in [1.807, 2.05) is 11.8 Å². The van der Waals surface area contributed by atoms with Gasteiger partial charge in [0.2, 0.25) is 0 Å². The molecule has 1 saturated heterocycles. The Morgan fingerprint density at radius 2 is 2.03 bits per heavy atom. The first-order valence-electron chi connectivity index (χ1n) is 10.3. The summed E-state index contributed by atoms with van der Waals surface area (Å²) in [7, 11) is 1.33. The Balaban J connectivity index is 1.46. The number of aromatic nitrogens is 2. The maximum atomic E-state index is 14.7. The van der Waals surface area contributed by atoms with Gasteiger partial charge in [-0.1, -0.05) is 13.0 Å². The van der Waals surface area contributed by atoms with E-state index in [9.17, 15) is 14.3 Å². The fraction of sp³-hybridized carbons (Fsp3) is 0.500. The first-order valence-corrected chi connectivity index (χ1v) is 10.3. The van der Waals surface area contributed by atoms with Gasteiger partial charge in [-0.15, -0.1) is 0 Å². The molecule has 1 aliphatic carbocycles. The second kappa shape index (κ2) is 8.55. The van der Waals surface area contributed by atoms with Gasteiger partial charge in [-0.3, -0.25) is 0 Å². The summed E-state index contributed by atoms with van der Waals surface area (Å²) in [4.78, 5) is 21.9. The second-order valence-corrected chi connectivity index (χ2v) is 7.95. The van der Waals surface area contributed by atoms with Crippen LogP contribution in [0.5, 0.6) is 5.75 Å². The van der Waals surface area contributed by atoms with E-state index in [0.29, 0.717) is 55.2 Å². The molecular formula is C22H26FN3O4. The summed E-state index contributed by atoms with van der Waals surface area (Å²) >= 11 is 0. The van der Waals surface area contributed by atoms with Crippen molar-refractivity contribution in [3.8, 4) is 5.75 Å². The van der Waals surface area contributed by atoms with Gasteiger partial charge < -0.3 is 19.5 Å². The van der Waals surface area contributed by atoms with Gasteiger partial charge in [0.1, 0.15) is 18.2 Å². The molecule has 0 bridgehead atoms. The van der Waals surface area contributed by atoms with Gasteiger partial charge in [-0.25, -0.2) is 19.2 Å². The Morgan fingerprint density at radius 1 is 1.27 bits per heavy atom. The van der Waals surface area contributed by atoms with Crippen LogP contribution >= 0.6 is 0 Å². The summed E-state index contributed by atoms with van der Waals surface area (Å²) in [6, 6.07) is 6.75. The number of ether oxygens (including phenoxy) is 2. The van der Waals surface area contributed by atoms with Crippen LogP contribution in [0.4, 0.5) is 10.2 Å². The summed E-state index contributed by atoms with van der Waals surface area (Å²) in [5, 5.41) is 10.7. The van der Waals surface area contributed by atoms with Crippen molar-refractivity contribution in [3.05, 3.63) is 47.7 Å². The largest absolute Gasteiger partial charge is 0.488 e. The molecule has 8 heteroatoms. The highest BCUT2D eigenvalue weighted by atomic mass is 19.1. The number of aliphatic hydroxyl groups excluding tert-OH is 1. The standard InChI is InChI=1S/C22H26FN3O4/c1-3-17-20(23)21(25-12-24-17)26-10-14-8-18(27)19(9-15(14)11-26)30-16-6-4-5-13(7-16)22(28)29-2/h4-7,12,14-15,18-19,27H,3,8-11H2,1-2H3/t14-,15+,18+,19+/m0/s1. The van der Waals surface area contributed by atoms with Crippen molar-refractivity contribution in [2.75, 3.05) is 25.1 Å². The lowest BCUT2D eigenvalue weighted by molar-refractivity contribution is -0.0231. The third-order valence-electron chi connectivity index (χ3n) is 6.11. The van der Waals surface area contributed by atoms with E-state index >= 15 is 0 Å². The van der Waals surface area contributed by atoms with Crippen LogP contribution in [-0.4, -0.2) is 53.5 Å². The van der Waals surface area contributed by atoms with E-state index in [1.54, 1.807) is 24.3 Å². The Labute approximate surface area is 174 Å². The Bertz CT molecular complexity index is 925. The van der Waals surface area contributed by atoms with Crippen LogP contribution in [0.1, 0.15) is 35.8 Å². The number of carbonyl (C=O) groups excluding carboxylic acids is 1. The van der Waals surface area contributed by atoms with Gasteiger partial charge in [-0.05, 0) is 49.3 Å². The number of aliphatic hydroxyl groups is 1. The van der Waals surface area contributed by atoms with Gasteiger partial charge in [0.15, 0.2) is 11.6 Å². The minimum Gasteiger partial charge on any atom is -0.488 e. The molecule has 7 nitrogen and oxygen atoms in total. The number of aryl methyl sites for hydroxylation is 1. The summed E-state index contributed by atoms with van der Waals surface area (Å²) in [5.74, 6) is 0.585. The molecule has 1 aromatic carbocycles. The second-order valence-electron chi connectivity index (χ2n) is 7.95. The maximum Gasteiger partial charge on any atom is 0.337 e. The summed E-state index contributed by atoms with van der Waals surface area (Å²) in [5.41, 5.74) is 0.817. The SMILES string of the molecule is CCc1ncnc(N2C[C@H]3C[C@@H](Oc4cccc(C(=O)OC)c4)[C@H](O)C[C@H]3C2)c1F. The van der Waals surface area contributed by atoms with Crippen LogP contribution in [0.25, 0.3) is 0 Å². The predicted octanol–water partition coefficient (Wildman–Crippen LogP) is 2.62. The number of halogens is 1. The van der Waals surface area contributed by atoms with Gasteiger partial charge in [0.05, 0.1) is 24.5 Å². The van der Waals surface area contributed by atoms with Crippen LogP contribution in [0.3, 0.4) is 0 Å². The number of hydrogen-bond acceptors (Lipinski definition) is 7. The summed E-state index contributed by atoms with van der Waals surface area (Å²) < 4.78 is 25.5.